The number of hydrogen-bond acceptors (Lipinski definition) is 3. The highest BCUT2D eigenvalue weighted by Gasteiger charge is 2.30. The van der Waals surface area contributed by atoms with Gasteiger partial charge in [0, 0.05) is 24.3 Å². The lowest BCUT2D eigenvalue weighted by molar-refractivity contribution is 0.0956. The maximum atomic E-state index is 12.8. The highest BCUT2D eigenvalue weighted by atomic mass is 16.5. The molecule has 0 aromatic heterocycles. The zero-order chi connectivity index (χ0) is 19.9. The number of ether oxygens (including phenoxy) is 1. The molecule has 1 saturated heterocycles. The second-order valence-corrected chi connectivity index (χ2v) is 6.72. The van der Waals surface area contributed by atoms with Crippen molar-refractivity contribution in [2.24, 2.45) is 0 Å². The van der Waals surface area contributed by atoms with Crippen LogP contribution in [0.4, 0.5) is 10.5 Å². The van der Waals surface area contributed by atoms with Crippen molar-refractivity contribution in [1.29, 1.82) is 0 Å². The summed E-state index contributed by atoms with van der Waals surface area (Å²) in [5.74, 6) is 0.725. The number of anilines is 1. The largest absolute Gasteiger partial charge is 0.494 e. The van der Waals surface area contributed by atoms with Gasteiger partial charge in [-0.1, -0.05) is 12.1 Å². The molecule has 3 rings (SSSR count). The fourth-order valence-corrected chi connectivity index (χ4v) is 3.47. The lowest BCUT2D eigenvalue weighted by Gasteiger charge is -2.25. The molecule has 2 aromatic rings. The third kappa shape index (κ3) is 4.63. The van der Waals surface area contributed by atoms with Crippen LogP contribution in [0.15, 0.2) is 48.5 Å². The van der Waals surface area contributed by atoms with Gasteiger partial charge in [0.1, 0.15) is 5.75 Å². The molecule has 3 amide bonds. The van der Waals surface area contributed by atoms with Gasteiger partial charge in [-0.15, -0.1) is 0 Å². The fourth-order valence-electron chi connectivity index (χ4n) is 3.47. The molecule has 1 aliphatic heterocycles. The first-order valence-electron chi connectivity index (χ1n) is 9.81. The summed E-state index contributed by atoms with van der Waals surface area (Å²) in [4.78, 5) is 26.5. The predicted molar refractivity (Wildman–Crippen MR) is 110 cm³/mol. The number of carbonyl (C=O) groups is 2. The van der Waals surface area contributed by atoms with Gasteiger partial charge < -0.3 is 20.3 Å². The Morgan fingerprint density at radius 2 is 1.79 bits per heavy atom. The van der Waals surface area contributed by atoms with Crippen molar-refractivity contribution in [2.75, 3.05) is 25.0 Å². The maximum Gasteiger partial charge on any atom is 0.322 e. The Morgan fingerprint density at radius 3 is 2.43 bits per heavy atom. The summed E-state index contributed by atoms with van der Waals surface area (Å²) in [5, 5.41) is 5.70. The molecule has 0 radical (unpaired) electrons. The number of carbonyl (C=O) groups excluding carboxylic acids is 2. The van der Waals surface area contributed by atoms with E-state index in [0.29, 0.717) is 24.4 Å². The Bertz CT molecular complexity index is 803. The van der Waals surface area contributed by atoms with Crippen molar-refractivity contribution in [2.45, 2.75) is 32.7 Å². The average molecular weight is 381 g/mol. The first-order chi connectivity index (χ1) is 13.6. The van der Waals surface area contributed by atoms with E-state index in [0.717, 1.165) is 30.7 Å². The second kappa shape index (κ2) is 9.26. The van der Waals surface area contributed by atoms with Crippen molar-refractivity contribution in [3.63, 3.8) is 0 Å². The van der Waals surface area contributed by atoms with Gasteiger partial charge in [-0.3, -0.25) is 4.79 Å². The molecule has 148 valence electrons. The molecule has 1 unspecified atom stereocenters. The van der Waals surface area contributed by atoms with Crippen molar-refractivity contribution >= 4 is 17.6 Å². The van der Waals surface area contributed by atoms with Crippen LogP contribution in [0.1, 0.15) is 48.7 Å². The first kappa shape index (κ1) is 19.7. The van der Waals surface area contributed by atoms with E-state index in [2.05, 4.69) is 10.6 Å². The molecule has 0 bridgehead atoms. The van der Waals surface area contributed by atoms with Gasteiger partial charge in [0.2, 0.25) is 0 Å². The molecule has 6 heteroatoms. The number of rotatable bonds is 6. The number of hydrogen-bond donors (Lipinski definition) is 2. The van der Waals surface area contributed by atoms with Gasteiger partial charge in [-0.2, -0.15) is 0 Å². The molecule has 1 fully saturated rings. The minimum atomic E-state index is -0.123. The number of likely N-dealkylation sites (tertiary alicyclic amines) is 1. The highest BCUT2D eigenvalue weighted by molar-refractivity contribution is 5.95. The molecule has 2 N–H and O–H groups in total. The van der Waals surface area contributed by atoms with Gasteiger partial charge in [0.15, 0.2) is 0 Å². The van der Waals surface area contributed by atoms with E-state index in [1.54, 1.807) is 24.3 Å². The maximum absolute atomic E-state index is 12.8. The first-order valence-corrected chi connectivity index (χ1v) is 9.81. The van der Waals surface area contributed by atoms with Crippen LogP contribution in [-0.4, -0.2) is 36.5 Å². The predicted octanol–water partition coefficient (Wildman–Crippen LogP) is 4.20. The third-order valence-corrected chi connectivity index (χ3v) is 4.83. The Labute approximate surface area is 165 Å². The highest BCUT2D eigenvalue weighted by Crippen LogP contribution is 2.33. The number of nitrogens with one attached hydrogen (secondary N) is 2. The van der Waals surface area contributed by atoms with Gasteiger partial charge >= 0.3 is 6.03 Å². The van der Waals surface area contributed by atoms with Crippen LogP contribution in [0.25, 0.3) is 0 Å². The summed E-state index contributed by atoms with van der Waals surface area (Å²) in [7, 11) is 0. The van der Waals surface area contributed by atoms with Crippen LogP contribution in [0.5, 0.6) is 5.75 Å². The fraction of sp³-hybridized carbons (Fsp3) is 0.364. The molecule has 0 aliphatic carbocycles. The van der Waals surface area contributed by atoms with Crippen molar-refractivity contribution < 1.29 is 14.3 Å². The van der Waals surface area contributed by atoms with E-state index in [4.69, 9.17) is 4.74 Å². The van der Waals surface area contributed by atoms with Gasteiger partial charge in [0.05, 0.1) is 12.6 Å². The molecule has 0 spiro atoms. The van der Waals surface area contributed by atoms with E-state index >= 15 is 0 Å². The summed E-state index contributed by atoms with van der Waals surface area (Å²) in [6.45, 7) is 5.78. The zero-order valence-electron chi connectivity index (χ0n) is 16.4. The Kier molecular flexibility index (Phi) is 6.53. The van der Waals surface area contributed by atoms with Gasteiger partial charge in [0.25, 0.3) is 5.91 Å². The quantitative estimate of drug-likeness (QED) is 0.788. The summed E-state index contributed by atoms with van der Waals surface area (Å²) in [6.07, 6.45) is 1.92. The number of amides is 3. The molecule has 0 saturated carbocycles. The van der Waals surface area contributed by atoms with Crippen LogP contribution >= 0.6 is 0 Å². The van der Waals surface area contributed by atoms with Crippen molar-refractivity contribution in [1.82, 2.24) is 10.2 Å². The van der Waals surface area contributed by atoms with Crippen molar-refractivity contribution in [3.05, 3.63) is 59.7 Å². The summed E-state index contributed by atoms with van der Waals surface area (Å²) in [6, 6.07) is 14.8. The lowest BCUT2D eigenvalue weighted by atomic mass is 10.0. The molecule has 1 atom stereocenters. The number of benzene rings is 2. The number of urea groups is 1. The van der Waals surface area contributed by atoms with Crippen LogP contribution in [0, 0.1) is 0 Å². The lowest BCUT2D eigenvalue weighted by Crippen LogP contribution is -2.34. The second-order valence-electron chi connectivity index (χ2n) is 6.72. The molecular weight excluding hydrogens is 354 g/mol. The van der Waals surface area contributed by atoms with E-state index in [9.17, 15) is 9.59 Å². The summed E-state index contributed by atoms with van der Waals surface area (Å²) < 4.78 is 5.50. The zero-order valence-corrected chi connectivity index (χ0v) is 16.4. The SMILES string of the molecule is CCNC(=O)c1ccc(NC(=O)N2CCCC2c2ccc(OCC)cc2)cc1. The van der Waals surface area contributed by atoms with E-state index in [1.807, 2.05) is 43.0 Å². The average Bonchev–Trinajstić information content (AvgIpc) is 3.19. The molecule has 1 aliphatic rings. The van der Waals surface area contributed by atoms with Gasteiger partial charge in [-0.25, -0.2) is 4.79 Å². The number of nitrogens with zero attached hydrogens (tertiary/aromatic N) is 1. The topological polar surface area (TPSA) is 70.7 Å². The van der Waals surface area contributed by atoms with Crippen LogP contribution in [0.2, 0.25) is 0 Å². The van der Waals surface area contributed by atoms with Crippen LogP contribution < -0.4 is 15.4 Å². The molecule has 28 heavy (non-hydrogen) atoms. The molecule has 2 aromatic carbocycles. The van der Waals surface area contributed by atoms with E-state index in [1.165, 1.54) is 0 Å². The van der Waals surface area contributed by atoms with E-state index in [-0.39, 0.29) is 18.0 Å². The van der Waals surface area contributed by atoms with Crippen LogP contribution in [0.3, 0.4) is 0 Å². The third-order valence-electron chi connectivity index (χ3n) is 4.83. The minimum Gasteiger partial charge on any atom is -0.494 e. The van der Waals surface area contributed by atoms with Gasteiger partial charge in [-0.05, 0) is 68.7 Å². The Hall–Kier alpha value is -3.02. The summed E-state index contributed by atoms with van der Waals surface area (Å²) in [5.41, 5.74) is 2.37. The Balaban J connectivity index is 1.65. The smallest absolute Gasteiger partial charge is 0.322 e. The van der Waals surface area contributed by atoms with E-state index < -0.39 is 0 Å². The molecule has 6 nitrogen and oxygen atoms in total. The standard InChI is InChI=1S/C22H27N3O3/c1-3-23-21(26)17-7-11-18(12-8-17)24-22(27)25-15-5-6-20(25)16-9-13-19(14-10-16)28-4-2/h7-14,20H,3-6,15H2,1-2H3,(H,23,26)(H,24,27). The molecule has 1 heterocycles. The Morgan fingerprint density at radius 1 is 1.07 bits per heavy atom. The minimum absolute atomic E-state index is 0.0604. The monoisotopic (exact) mass is 381 g/mol. The summed E-state index contributed by atoms with van der Waals surface area (Å²) >= 11 is 0. The molecular formula is C22H27N3O3. The van der Waals surface area contributed by atoms with Crippen LogP contribution in [-0.2, 0) is 0 Å². The van der Waals surface area contributed by atoms with Crippen molar-refractivity contribution in [3.8, 4) is 5.75 Å². The normalized spacial score (nSPS) is 15.9.